The zero-order valence-corrected chi connectivity index (χ0v) is 16.2. The number of rotatable bonds is 6. The minimum Gasteiger partial charge on any atom is -0.399 e. The van der Waals surface area contributed by atoms with Gasteiger partial charge in [0, 0.05) is 29.4 Å². The number of anilines is 2. The van der Waals surface area contributed by atoms with Crippen LogP contribution in [0.1, 0.15) is 41.8 Å². The molecular formula is C20H26ClN3O2. The molecule has 0 fully saturated rings. The number of aryl methyl sites for hydroxylation is 2. The van der Waals surface area contributed by atoms with Crippen LogP contribution in [-0.2, 0) is 11.2 Å². The second kappa shape index (κ2) is 9.82. The number of para-hydroxylation sites is 1. The van der Waals surface area contributed by atoms with Gasteiger partial charge in [0.2, 0.25) is 5.91 Å². The van der Waals surface area contributed by atoms with E-state index in [-0.39, 0.29) is 30.3 Å². The standard InChI is InChI=1S/C20H25N3O2.ClH/c1-13(2)22-20(25)17-12-16(10-8-14(17)3)23-19(24)11-9-15-6-4-5-7-18(15)21;/h4-8,10,12-13H,9,11,21H2,1-3H3,(H,22,25)(H,23,24);1H. The molecular weight excluding hydrogens is 350 g/mol. The molecule has 0 aromatic heterocycles. The maximum absolute atomic E-state index is 12.2. The van der Waals surface area contributed by atoms with Gasteiger partial charge in [0.25, 0.3) is 5.91 Å². The maximum Gasteiger partial charge on any atom is 0.251 e. The lowest BCUT2D eigenvalue weighted by molar-refractivity contribution is -0.116. The van der Waals surface area contributed by atoms with E-state index in [9.17, 15) is 9.59 Å². The first-order chi connectivity index (χ1) is 11.9. The van der Waals surface area contributed by atoms with Gasteiger partial charge in [-0.3, -0.25) is 9.59 Å². The summed E-state index contributed by atoms with van der Waals surface area (Å²) in [6.07, 6.45) is 0.903. The van der Waals surface area contributed by atoms with Gasteiger partial charge in [-0.05, 0) is 56.5 Å². The van der Waals surface area contributed by atoms with Gasteiger partial charge in [-0.2, -0.15) is 0 Å². The Morgan fingerprint density at radius 2 is 1.81 bits per heavy atom. The zero-order valence-electron chi connectivity index (χ0n) is 15.3. The molecule has 140 valence electrons. The van der Waals surface area contributed by atoms with E-state index in [0.29, 0.717) is 29.8 Å². The summed E-state index contributed by atoms with van der Waals surface area (Å²) in [7, 11) is 0. The number of nitrogens with one attached hydrogen (secondary N) is 2. The van der Waals surface area contributed by atoms with E-state index in [1.165, 1.54) is 0 Å². The van der Waals surface area contributed by atoms with Crippen LogP contribution < -0.4 is 16.4 Å². The van der Waals surface area contributed by atoms with Crippen LogP contribution >= 0.6 is 12.4 Å². The van der Waals surface area contributed by atoms with Crippen molar-refractivity contribution in [3.8, 4) is 0 Å². The van der Waals surface area contributed by atoms with Crippen molar-refractivity contribution >= 4 is 35.6 Å². The summed E-state index contributed by atoms with van der Waals surface area (Å²) >= 11 is 0. The lowest BCUT2D eigenvalue weighted by Crippen LogP contribution is -2.30. The molecule has 2 aromatic carbocycles. The molecule has 0 bridgehead atoms. The van der Waals surface area contributed by atoms with E-state index in [4.69, 9.17) is 5.73 Å². The molecule has 2 rings (SSSR count). The van der Waals surface area contributed by atoms with Gasteiger partial charge in [-0.25, -0.2) is 0 Å². The topological polar surface area (TPSA) is 84.2 Å². The Bertz CT molecular complexity index is 775. The summed E-state index contributed by atoms with van der Waals surface area (Å²) in [6, 6.07) is 12.9. The van der Waals surface area contributed by atoms with Crippen molar-refractivity contribution in [2.24, 2.45) is 0 Å². The Labute approximate surface area is 160 Å². The van der Waals surface area contributed by atoms with Crippen molar-refractivity contribution in [2.45, 2.75) is 39.7 Å². The second-order valence-corrected chi connectivity index (χ2v) is 6.40. The van der Waals surface area contributed by atoms with Crippen LogP contribution in [0.15, 0.2) is 42.5 Å². The predicted octanol–water partition coefficient (Wildman–Crippen LogP) is 3.71. The average Bonchev–Trinajstić information content (AvgIpc) is 2.55. The van der Waals surface area contributed by atoms with Gasteiger partial charge >= 0.3 is 0 Å². The summed E-state index contributed by atoms with van der Waals surface area (Å²) in [5.41, 5.74) is 9.60. The lowest BCUT2D eigenvalue weighted by Gasteiger charge is -2.13. The van der Waals surface area contributed by atoms with Crippen molar-refractivity contribution in [2.75, 3.05) is 11.1 Å². The molecule has 0 heterocycles. The van der Waals surface area contributed by atoms with Crippen LogP contribution in [0.3, 0.4) is 0 Å². The highest BCUT2D eigenvalue weighted by atomic mass is 35.5. The molecule has 4 N–H and O–H groups in total. The molecule has 2 amide bonds. The van der Waals surface area contributed by atoms with Gasteiger partial charge in [0.1, 0.15) is 0 Å². The van der Waals surface area contributed by atoms with Gasteiger partial charge in [0.05, 0.1) is 0 Å². The number of hydrogen-bond acceptors (Lipinski definition) is 3. The second-order valence-electron chi connectivity index (χ2n) is 6.40. The van der Waals surface area contributed by atoms with Gasteiger partial charge < -0.3 is 16.4 Å². The largest absolute Gasteiger partial charge is 0.399 e. The van der Waals surface area contributed by atoms with E-state index >= 15 is 0 Å². The molecule has 0 aliphatic rings. The van der Waals surface area contributed by atoms with Crippen LogP contribution in [-0.4, -0.2) is 17.9 Å². The number of carbonyl (C=O) groups excluding carboxylic acids is 2. The first kappa shape index (κ1) is 21.5. The van der Waals surface area contributed by atoms with Crippen molar-refractivity contribution in [3.05, 3.63) is 59.2 Å². The molecule has 2 aromatic rings. The maximum atomic E-state index is 12.2. The zero-order chi connectivity index (χ0) is 18.4. The highest BCUT2D eigenvalue weighted by Crippen LogP contribution is 2.17. The number of nitrogen functional groups attached to an aromatic ring is 1. The minimum absolute atomic E-state index is 0. The molecule has 5 nitrogen and oxygen atoms in total. The third-order valence-electron chi connectivity index (χ3n) is 3.86. The van der Waals surface area contributed by atoms with Crippen molar-refractivity contribution in [1.29, 1.82) is 0 Å². The first-order valence-electron chi connectivity index (χ1n) is 8.41. The quantitative estimate of drug-likeness (QED) is 0.673. The average molecular weight is 376 g/mol. The number of amides is 2. The Morgan fingerprint density at radius 3 is 2.46 bits per heavy atom. The summed E-state index contributed by atoms with van der Waals surface area (Å²) in [6.45, 7) is 5.70. The summed E-state index contributed by atoms with van der Waals surface area (Å²) < 4.78 is 0. The Kier molecular flexibility index (Phi) is 8.13. The smallest absolute Gasteiger partial charge is 0.251 e. The molecule has 0 unspecified atom stereocenters. The third kappa shape index (κ3) is 6.08. The Hall–Kier alpha value is -2.53. The van der Waals surface area contributed by atoms with E-state index < -0.39 is 0 Å². The molecule has 0 spiro atoms. The number of halogens is 1. The van der Waals surface area contributed by atoms with E-state index in [0.717, 1.165) is 11.1 Å². The van der Waals surface area contributed by atoms with E-state index in [1.54, 1.807) is 12.1 Å². The van der Waals surface area contributed by atoms with Gasteiger partial charge in [-0.15, -0.1) is 12.4 Å². The van der Waals surface area contributed by atoms with Crippen molar-refractivity contribution < 1.29 is 9.59 Å². The fourth-order valence-electron chi connectivity index (χ4n) is 2.52. The Balaban J connectivity index is 0.00000338. The van der Waals surface area contributed by atoms with E-state index in [2.05, 4.69) is 10.6 Å². The van der Waals surface area contributed by atoms with Gasteiger partial charge in [0.15, 0.2) is 0 Å². The van der Waals surface area contributed by atoms with Crippen molar-refractivity contribution in [3.63, 3.8) is 0 Å². The number of carbonyl (C=O) groups is 2. The third-order valence-corrected chi connectivity index (χ3v) is 3.86. The highest BCUT2D eigenvalue weighted by Gasteiger charge is 2.12. The normalized spacial score (nSPS) is 10.2. The molecule has 0 aliphatic heterocycles. The summed E-state index contributed by atoms with van der Waals surface area (Å²) in [5.74, 6) is -0.247. The lowest BCUT2D eigenvalue weighted by atomic mass is 10.1. The highest BCUT2D eigenvalue weighted by molar-refractivity contribution is 5.98. The number of hydrogen-bond donors (Lipinski definition) is 3. The number of benzene rings is 2. The molecule has 0 atom stereocenters. The fourth-order valence-corrected chi connectivity index (χ4v) is 2.52. The van der Waals surface area contributed by atoms with Gasteiger partial charge in [-0.1, -0.05) is 24.3 Å². The van der Waals surface area contributed by atoms with Crippen LogP contribution in [0.4, 0.5) is 11.4 Å². The summed E-state index contributed by atoms with van der Waals surface area (Å²) in [5, 5.41) is 5.72. The minimum atomic E-state index is -0.138. The molecule has 26 heavy (non-hydrogen) atoms. The summed E-state index contributed by atoms with van der Waals surface area (Å²) in [4.78, 5) is 24.4. The van der Waals surface area contributed by atoms with Crippen LogP contribution in [0.25, 0.3) is 0 Å². The monoisotopic (exact) mass is 375 g/mol. The predicted molar refractivity (Wildman–Crippen MR) is 109 cm³/mol. The SMILES string of the molecule is Cc1ccc(NC(=O)CCc2ccccc2N)cc1C(=O)NC(C)C.Cl. The van der Waals surface area contributed by atoms with Crippen molar-refractivity contribution in [1.82, 2.24) is 5.32 Å². The van der Waals surface area contributed by atoms with Crippen LogP contribution in [0.5, 0.6) is 0 Å². The molecule has 0 radical (unpaired) electrons. The molecule has 0 saturated carbocycles. The Morgan fingerprint density at radius 1 is 1.12 bits per heavy atom. The number of nitrogens with two attached hydrogens (primary N) is 1. The molecule has 0 saturated heterocycles. The van der Waals surface area contributed by atoms with Crippen LogP contribution in [0.2, 0.25) is 0 Å². The van der Waals surface area contributed by atoms with E-state index in [1.807, 2.05) is 51.1 Å². The molecule has 6 heteroatoms. The first-order valence-corrected chi connectivity index (χ1v) is 8.41. The fraction of sp³-hybridized carbons (Fsp3) is 0.300. The van der Waals surface area contributed by atoms with Crippen LogP contribution in [0, 0.1) is 6.92 Å². The molecule has 0 aliphatic carbocycles.